The van der Waals surface area contributed by atoms with Crippen molar-refractivity contribution >= 4 is 16.9 Å². The normalized spacial score (nSPS) is 23.4. The highest BCUT2D eigenvalue weighted by molar-refractivity contribution is 8.14. The molecular weight excluding hydrogens is 216 g/mol. The second-order valence-corrected chi connectivity index (χ2v) is 7.62. The molecule has 94 valence electrons. The molecule has 0 amide bonds. The highest BCUT2D eigenvalue weighted by Crippen LogP contribution is 2.31. The summed E-state index contributed by atoms with van der Waals surface area (Å²) in [6.07, 6.45) is 1.24. The van der Waals surface area contributed by atoms with Crippen LogP contribution in [0.1, 0.15) is 48.0 Å². The van der Waals surface area contributed by atoms with Crippen molar-refractivity contribution in [1.29, 1.82) is 0 Å². The second kappa shape index (κ2) is 5.44. The zero-order valence-electron chi connectivity index (χ0n) is 11.5. The quantitative estimate of drug-likeness (QED) is 0.819. The molecule has 2 atom stereocenters. The van der Waals surface area contributed by atoms with Crippen LogP contribution in [0.2, 0.25) is 0 Å². The van der Waals surface area contributed by atoms with E-state index in [-0.39, 0.29) is 0 Å². The number of hydrogen-bond donors (Lipinski definition) is 1. The van der Waals surface area contributed by atoms with Gasteiger partial charge in [0.25, 0.3) is 0 Å². The monoisotopic (exact) mass is 242 g/mol. The van der Waals surface area contributed by atoms with Crippen LogP contribution in [0.25, 0.3) is 0 Å². The fourth-order valence-electron chi connectivity index (χ4n) is 1.65. The van der Waals surface area contributed by atoms with Crippen LogP contribution in [0.4, 0.5) is 0 Å². The molecule has 0 bridgehead atoms. The number of aliphatic imine (C=N–C) groups is 1. The van der Waals surface area contributed by atoms with Crippen molar-refractivity contribution in [3.63, 3.8) is 0 Å². The van der Waals surface area contributed by atoms with Crippen molar-refractivity contribution in [3.05, 3.63) is 0 Å². The molecular formula is C13H26N2S. The molecule has 0 fully saturated rings. The molecule has 16 heavy (non-hydrogen) atoms. The lowest BCUT2D eigenvalue weighted by Gasteiger charge is -2.22. The van der Waals surface area contributed by atoms with E-state index >= 15 is 0 Å². The Hall–Kier alpha value is -0.180. The summed E-state index contributed by atoms with van der Waals surface area (Å²) in [6.45, 7) is 14.6. The van der Waals surface area contributed by atoms with Gasteiger partial charge in [-0.2, -0.15) is 0 Å². The summed E-state index contributed by atoms with van der Waals surface area (Å²) in [4.78, 5) is 4.59. The van der Waals surface area contributed by atoms with E-state index < -0.39 is 0 Å². The van der Waals surface area contributed by atoms with Gasteiger partial charge in [-0.3, -0.25) is 4.99 Å². The van der Waals surface area contributed by atoms with Gasteiger partial charge in [-0.25, -0.2) is 0 Å². The molecule has 3 heteroatoms. The maximum atomic E-state index is 4.59. The molecule has 0 spiro atoms. The Morgan fingerprint density at radius 3 is 2.50 bits per heavy atom. The highest BCUT2D eigenvalue weighted by atomic mass is 32.2. The van der Waals surface area contributed by atoms with Gasteiger partial charge in [0, 0.05) is 11.3 Å². The lowest BCUT2D eigenvalue weighted by atomic mass is 9.90. The minimum atomic E-state index is 0.409. The minimum Gasteiger partial charge on any atom is -0.362 e. The van der Waals surface area contributed by atoms with Crippen LogP contribution in [0.5, 0.6) is 0 Å². The first kappa shape index (κ1) is 13.9. The number of amidine groups is 1. The minimum absolute atomic E-state index is 0.409. The first-order chi connectivity index (χ1) is 7.28. The lowest BCUT2D eigenvalue weighted by molar-refractivity contribution is 0.375. The third-order valence-corrected chi connectivity index (χ3v) is 4.03. The van der Waals surface area contributed by atoms with Crippen molar-refractivity contribution in [1.82, 2.24) is 5.32 Å². The molecule has 0 aromatic rings. The standard InChI is InChI=1S/C13H26N2S/c1-9(2)10(3)15-12-14-8-11(16-12)7-13(4,5)6/h9-11H,7-8H2,1-6H3,(H,14,15). The van der Waals surface area contributed by atoms with E-state index in [9.17, 15) is 0 Å². The Bertz CT molecular complexity index is 253. The Balaban J connectivity index is 2.34. The van der Waals surface area contributed by atoms with Crippen LogP contribution in [0, 0.1) is 11.3 Å². The third-order valence-electron chi connectivity index (χ3n) is 2.91. The van der Waals surface area contributed by atoms with E-state index in [2.05, 4.69) is 51.9 Å². The molecule has 2 nitrogen and oxygen atoms in total. The van der Waals surface area contributed by atoms with Crippen LogP contribution >= 0.6 is 11.8 Å². The summed E-state index contributed by atoms with van der Waals surface area (Å²) >= 11 is 1.92. The average Bonchev–Trinajstić information content (AvgIpc) is 2.49. The second-order valence-electron chi connectivity index (χ2n) is 6.33. The third kappa shape index (κ3) is 4.77. The molecule has 1 aliphatic rings. The van der Waals surface area contributed by atoms with Gasteiger partial charge >= 0.3 is 0 Å². The summed E-state index contributed by atoms with van der Waals surface area (Å²) in [5.41, 5.74) is 0.409. The predicted molar refractivity (Wildman–Crippen MR) is 75.2 cm³/mol. The zero-order chi connectivity index (χ0) is 12.3. The number of nitrogens with zero attached hydrogens (tertiary/aromatic N) is 1. The Labute approximate surface area is 105 Å². The van der Waals surface area contributed by atoms with Crippen molar-refractivity contribution in [2.45, 2.75) is 59.3 Å². The molecule has 0 aromatic heterocycles. The van der Waals surface area contributed by atoms with Crippen LogP contribution in [-0.4, -0.2) is 23.0 Å². The molecule has 0 saturated heterocycles. The van der Waals surface area contributed by atoms with Gasteiger partial charge in [-0.1, -0.05) is 46.4 Å². The molecule has 2 unspecified atom stereocenters. The Morgan fingerprint density at radius 1 is 1.38 bits per heavy atom. The van der Waals surface area contributed by atoms with Gasteiger partial charge in [-0.15, -0.1) is 0 Å². The maximum Gasteiger partial charge on any atom is 0.157 e. The zero-order valence-corrected chi connectivity index (χ0v) is 12.3. The van der Waals surface area contributed by atoms with Gasteiger partial charge in [0.1, 0.15) is 0 Å². The van der Waals surface area contributed by atoms with Crippen molar-refractivity contribution in [3.8, 4) is 0 Å². The van der Waals surface area contributed by atoms with E-state index in [4.69, 9.17) is 0 Å². The molecule has 0 saturated carbocycles. The largest absolute Gasteiger partial charge is 0.362 e. The first-order valence-electron chi connectivity index (χ1n) is 6.25. The van der Waals surface area contributed by atoms with E-state index in [1.807, 2.05) is 11.8 Å². The van der Waals surface area contributed by atoms with Gasteiger partial charge < -0.3 is 5.32 Å². The van der Waals surface area contributed by atoms with Gasteiger partial charge in [0.15, 0.2) is 5.17 Å². The Morgan fingerprint density at radius 2 is 2.00 bits per heavy atom. The highest BCUT2D eigenvalue weighted by Gasteiger charge is 2.25. The SMILES string of the molecule is CC(C)C(C)NC1=NCC(CC(C)(C)C)S1. The fourth-order valence-corrected chi connectivity index (χ4v) is 3.10. The van der Waals surface area contributed by atoms with Gasteiger partial charge in [0.2, 0.25) is 0 Å². The van der Waals surface area contributed by atoms with E-state index in [0.29, 0.717) is 22.6 Å². The molecule has 0 aliphatic carbocycles. The first-order valence-corrected chi connectivity index (χ1v) is 7.13. The van der Waals surface area contributed by atoms with E-state index in [1.54, 1.807) is 0 Å². The lowest BCUT2D eigenvalue weighted by Crippen LogP contribution is -2.34. The number of rotatable bonds is 3. The Kier molecular flexibility index (Phi) is 4.72. The van der Waals surface area contributed by atoms with Crippen LogP contribution in [0.15, 0.2) is 4.99 Å². The maximum absolute atomic E-state index is 4.59. The molecule has 1 aliphatic heterocycles. The molecule has 1 heterocycles. The van der Waals surface area contributed by atoms with Crippen molar-refractivity contribution in [2.75, 3.05) is 6.54 Å². The predicted octanol–water partition coefficient (Wildman–Crippen LogP) is 3.53. The molecule has 0 aromatic carbocycles. The smallest absolute Gasteiger partial charge is 0.157 e. The van der Waals surface area contributed by atoms with Crippen LogP contribution in [0.3, 0.4) is 0 Å². The van der Waals surface area contributed by atoms with Crippen LogP contribution < -0.4 is 5.32 Å². The van der Waals surface area contributed by atoms with Crippen molar-refractivity contribution in [2.24, 2.45) is 16.3 Å². The molecule has 1 N–H and O–H groups in total. The number of thioether (sulfide) groups is 1. The molecule has 1 rings (SSSR count). The fraction of sp³-hybridized carbons (Fsp3) is 0.923. The summed E-state index contributed by atoms with van der Waals surface area (Å²) in [5, 5.41) is 5.32. The van der Waals surface area contributed by atoms with E-state index in [0.717, 1.165) is 11.7 Å². The number of hydrogen-bond acceptors (Lipinski definition) is 3. The van der Waals surface area contributed by atoms with E-state index in [1.165, 1.54) is 6.42 Å². The van der Waals surface area contributed by atoms with Gasteiger partial charge in [-0.05, 0) is 24.7 Å². The topological polar surface area (TPSA) is 24.4 Å². The molecule has 0 radical (unpaired) electrons. The van der Waals surface area contributed by atoms with Crippen LogP contribution in [-0.2, 0) is 0 Å². The van der Waals surface area contributed by atoms with Crippen molar-refractivity contribution < 1.29 is 0 Å². The summed E-state index contributed by atoms with van der Waals surface area (Å²) in [5.74, 6) is 0.657. The summed E-state index contributed by atoms with van der Waals surface area (Å²) in [6, 6.07) is 0.514. The number of nitrogens with one attached hydrogen (secondary N) is 1. The summed E-state index contributed by atoms with van der Waals surface area (Å²) < 4.78 is 0. The average molecular weight is 242 g/mol. The van der Waals surface area contributed by atoms with Gasteiger partial charge in [0.05, 0.1) is 6.54 Å². The summed E-state index contributed by atoms with van der Waals surface area (Å²) in [7, 11) is 0.